The van der Waals surface area contributed by atoms with E-state index in [1.165, 1.54) is 24.2 Å². The van der Waals surface area contributed by atoms with Gasteiger partial charge in [-0.1, -0.05) is 68.4 Å². The van der Waals surface area contributed by atoms with E-state index in [0.717, 1.165) is 23.4 Å². The third-order valence-corrected chi connectivity index (χ3v) is 5.55. The minimum atomic E-state index is -0.214. The third-order valence-electron chi connectivity index (χ3n) is 4.55. The average molecular weight is 344 g/mol. The molecular weight excluding hydrogens is 320 g/mol. The summed E-state index contributed by atoms with van der Waals surface area (Å²) in [5, 5.41) is 15.8. The Morgan fingerprint density at radius 1 is 1.21 bits per heavy atom. The topological polar surface area (TPSA) is 66.9 Å². The molecule has 0 saturated heterocycles. The van der Waals surface area contributed by atoms with Crippen molar-refractivity contribution in [1.82, 2.24) is 15.5 Å². The highest BCUT2D eigenvalue weighted by Crippen LogP contribution is 2.42. The number of carbonyl (C=O) groups excluding carboxylic acids is 1. The van der Waals surface area contributed by atoms with Crippen molar-refractivity contribution < 1.29 is 4.79 Å². The van der Waals surface area contributed by atoms with Gasteiger partial charge in [-0.05, 0) is 24.3 Å². The van der Waals surface area contributed by atoms with E-state index in [9.17, 15) is 4.79 Å². The predicted octanol–water partition coefficient (Wildman–Crippen LogP) is 4.71. The number of hydrogen-bond acceptors (Lipinski definition) is 4. The predicted molar refractivity (Wildman–Crippen MR) is 97.3 cm³/mol. The lowest BCUT2D eigenvalue weighted by atomic mass is 9.89. The second-order valence-electron chi connectivity index (χ2n) is 6.28. The van der Waals surface area contributed by atoms with Crippen molar-refractivity contribution in [2.24, 2.45) is 5.92 Å². The molecule has 0 spiro atoms. The molecule has 1 unspecified atom stereocenters. The van der Waals surface area contributed by atoms with Crippen LogP contribution < -0.4 is 10.6 Å². The van der Waals surface area contributed by atoms with Gasteiger partial charge in [-0.3, -0.25) is 5.32 Å². The van der Waals surface area contributed by atoms with Crippen molar-refractivity contribution in [3.05, 3.63) is 40.9 Å². The van der Waals surface area contributed by atoms with E-state index in [0.29, 0.717) is 17.0 Å². The fraction of sp³-hybridized carbons (Fsp3) is 0.500. The monoisotopic (exact) mass is 344 g/mol. The molecule has 2 N–H and O–H groups in total. The Morgan fingerprint density at radius 3 is 2.54 bits per heavy atom. The minimum Gasteiger partial charge on any atom is -0.331 e. The molecule has 2 aromatic rings. The van der Waals surface area contributed by atoms with Gasteiger partial charge in [-0.25, -0.2) is 4.79 Å². The summed E-state index contributed by atoms with van der Waals surface area (Å²) in [6.07, 6.45) is 4.40. The molecule has 1 fully saturated rings. The van der Waals surface area contributed by atoms with Gasteiger partial charge in [0.15, 0.2) is 0 Å². The number of anilines is 1. The maximum atomic E-state index is 12.4. The fourth-order valence-corrected chi connectivity index (χ4v) is 3.86. The van der Waals surface area contributed by atoms with Crippen LogP contribution in [0.4, 0.5) is 9.93 Å². The Balaban J connectivity index is 1.67. The van der Waals surface area contributed by atoms with Crippen molar-refractivity contribution in [3.8, 4) is 0 Å². The number of nitrogens with zero attached hydrogens (tertiary/aromatic N) is 2. The fourth-order valence-electron chi connectivity index (χ4n) is 2.95. The highest BCUT2D eigenvalue weighted by molar-refractivity contribution is 7.15. The van der Waals surface area contributed by atoms with E-state index >= 15 is 0 Å². The lowest BCUT2D eigenvalue weighted by Gasteiger charge is -2.26. The van der Waals surface area contributed by atoms with Gasteiger partial charge in [0.2, 0.25) is 5.13 Å². The number of rotatable bonds is 7. The Labute approximate surface area is 146 Å². The van der Waals surface area contributed by atoms with Crippen molar-refractivity contribution in [2.45, 2.75) is 51.5 Å². The van der Waals surface area contributed by atoms with Crippen LogP contribution in [0.2, 0.25) is 0 Å². The summed E-state index contributed by atoms with van der Waals surface area (Å²) < 4.78 is 0. The number of carbonyl (C=O) groups is 1. The van der Waals surface area contributed by atoms with Crippen LogP contribution in [0.15, 0.2) is 30.3 Å². The quantitative estimate of drug-likeness (QED) is 0.764. The summed E-state index contributed by atoms with van der Waals surface area (Å²) in [5.74, 6) is 0.956. The minimum absolute atomic E-state index is 0.00276. The van der Waals surface area contributed by atoms with E-state index in [2.05, 4.69) is 46.8 Å². The molecule has 1 heterocycles. The normalized spacial score (nSPS) is 15.3. The van der Waals surface area contributed by atoms with Crippen molar-refractivity contribution in [1.29, 1.82) is 0 Å². The van der Waals surface area contributed by atoms with Gasteiger partial charge >= 0.3 is 6.03 Å². The standard InChI is InChI=1S/C18H24N4OS/c1-3-12(4-2)15(13-8-6-5-7-9-13)19-17(23)20-18-22-21-16(24-18)14-10-11-14/h5-9,12,14-15H,3-4,10-11H2,1-2H3,(H2,19,20,22,23). The van der Waals surface area contributed by atoms with Crippen LogP contribution in [0, 0.1) is 5.92 Å². The van der Waals surface area contributed by atoms with Gasteiger partial charge < -0.3 is 5.32 Å². The number of benzene rings is 1. The molecule has 0 aliphatic heterocycles. The van der Waals surface area contributed by atoms with Crippen LogP contribution in [-0.4, -0.2) is 16.2 Å². The van der Waals surface area contributed by atoms with E-state index in [4.69, 9.17) is 0 Å². The molecule has 24 heavy (non-hydrogen) atoms. The molecule has 0 radical (unpaired) electrons. The van der Waals surface area contributed by atoms with Crippen LogP contribution in [0.5, 0.6) is 0 Å². The van der Waals surface area contributed by atoms with Crippen molar-refractivity contribution >= 4 is 22.5 Å². The zero-order valence-electron chi connectivity index (χ0n) is 14.2. The Hall–Kier alpha value is -1.95. The molecule has 2 amide bonds. The number of aromatic nitrogens is 2. The Bertz CT molecular complexity index is 665. The molecule has 5 nitrogen and oxygen atoms in total. The molecule has 1 aromatic heterocycles. The summed E-state index contributed by atoms with van der Waals surface area (Å²) in [5.41, 5.74) is 1.14. The largest absolute Gasteiger partial charge is 0.331 e. The maximum Gasteiger partial charge on any atom is 0.321 e. The first-order valence-electron chi connectivity index (χ1n) is 8.67. The second-order valence-corrected chi connectivity index (χ2v) is 7.29. The Kier molecular flexibility index (Phi) is 5.45. The molecule has 128 valence electrons. The SMILES string of the molecule is CCC(CC)C(NC(=O)Nc1nnc(C2CC2)s1)c1ccccc1. The zero-order chi connectivity index (χ0) is 16.9. The van der Waals surface area contributed by atoms with Gasteiger partial charge in [-0.2, -0.15) is 0 Å². The molecule has 1 atom stereocenters. The summed E-state index contributed by atoms with van der Waals surface area (Å²) in [6.45, 7) is 4.33. The van der Waals surface area contributed by atoms with Gasteiger partial charge in [0.1, 0.15) is 5.01 Å². The Morgan fingerprint density at radius 2 is 1.92 bits per heavy atom. The molecule has 1 aromatic carbocycles. The first-order valence-corrected chi connectivity index (χ1v) is 9.48. The average Bonchev–Trinajstić information content (AvgIpc) is 3.36. The molecule has 1 saturated carbocycles. The highest BCUT2D eigenvalue weighted by Gasteiger charge is 2.28. The van der Waals surface area contributed by atoms with E-state index in [1.807, 2.05) is 18.2 Å². The second kappa shape index (κ2) is 7.75. The summed E-state index contributed by atoms with van der Waals surface area (Å²) in [7, 11) is 0. The smallest absolute Gasteiger partial charge is 0.321 e. The van der Waals surface area contributed by atoms with Gasteiger partial charge in [0, 0.05) is 5.92 Å². The van der Waals surface area contributed by atoms with E-state index in [-0.39, 0.29) is 12.1 Å². The number of urea groups is 1. The zero-order valence-corrected chi connectivity index (χ0v) is 15.0. The van der Waals surface area contributed by atoms with Crippen molar-refractivity contribution in [2.75, 3.05) is 5.32 Å². The molecule has 1 aliphatic carbocycles. The molecule has 0 bridgehead atoms. The lowest BCUT2D eigenvalue weighted by Crippen LogP contribution is -2.36. The third kappa shape index (κ3) is 4.12. The first kappa shape index (κ1) is 16.9. The summed E-state index contributed by atoms with van der Waals surface area (Å²) in [6, 6.07) is 9.94. The first-order chi connectivity index (χ1) is 11.7. The van der Waals surface area contributed by atoms with Crippen LogP contribution >= 0.6 is 11.3 Å². The maximum absolute atomic E-state index is 12.4. The molecule has 3 rings (SSSR count). The van der Waals surface area contributed by atoms with E-state index < -0.39 is 0 Å². The molecular formula is C18H24N4OS. The van der Waals surface area contributed by atoms with Crippen LogP contribution in [0.25, 0.3) is 0 Å². The van der Waals surface area contributed by atoms with Crippen LogP contribution in [0.1, 0.15) is 62.1 Å². The summed E-state index contributed by atoms with van der Waals surface area (Å²) >= 11 is 1.48. The van der Waals surface area contributed by atoms with Crippen LogP contribution in [0.3, 0.4) is 0 Å². The number of hydrogen-bond donors (Lipinski definition) is 2. The number of amides is 2. The van der Waals surface area contributed by atoms with Gasteiger partial charge in [0.25, 0.3) is 0 Å². The lowest BCUT2D eigenvalue weighted by molar-refractivity contribution is 0.241. The van der Waals surface area contributed by atoms with Crippen molar-refractivity contribution in [3.63, 3.8) is 0 Å². The van der Waals surface area contributed by atoms with Gasteiger partial charge in [-0.15, -0.1) is 10.2 Å². The molecule has 6 heteroatoms. The van der Waals surface area contributed by atoms with Gasteiger partial charge in [0.05, 0.1) is 6.04 Å². The summed E-state index contributed by atoms with van der Waals surface area (Å²) in [4.78, 5) is 12.4. The molecule has 1 aliphatic rings. The van der Waals surface area contributed by atoms with E-state index in [1.54, 1.807) is 0 Å². The highest BCUT2D eigenvalue weighted by atomic mass is 32.1. The number of nitrogens with one attached hydrogen (secondary N) is 2. The van der Waals surface area contributed by atoms with Crippen LogP contribution in [-0.2, 0) is 0 Å².